The van der Waals surface area contributed by atoms with Gasteiger partial charge in [0, 0.05) is 25.7 Å². The quantitative estimate of drug-likeness (QED) is 0.744. The van der Waals surface area contributed by atoms with Gasteiger partial charge >= 0.3 is 0 Å². The van der Waals surface area contributed by atoms with E-state index in [4.69, 9.17) is 10.5 Å². The molecule has 0 aliphatic heterocycles. The Hall–Kier alpha value is -0.120. The van der Waals surface area contributed by atoms with Crippen molar-refractivity contribution in [2.24, 2.45) is 11.7 Å². The van der Waals surface area contributed by atoms with Gasteiger partial charge < -0.3 is 10.5 Å². The van der Waals surface area contributed by atoms with Gasteiger partial charge in [-0.1, -0.05) is 32.1 Å². The van der Waals surface area contributed by atoms with Crippen LogP contribution in [0.1, 0.15) is 45.4 Å². The van der Waals surface area contributed by atoms with Crippen molar-refractivity contribution in [1.29, 1.82) is 0 Å². The molecule has 17 heavy (non-hydrogen) atoms. The van der Waals surface area contributed by atoms with Crippen molar-refractivity contribution in [3.8, 4) is 0 Å². The van der Waals surface area contributed by atoms with Crippen LogP contribution in [0, 0.1) is 5.92 Å². The van der Waals surface area contributed by atoms with E-state index < -0.39 is 0 Å². The topological polar surface area (TPSA) is 38.5 Å². The van der Waals surface area contributed by atoms with Gasteiger partial charge in [-0.05, 0) is 26.3 Å². The second-order valence-corrected chi connectivity index (χ2v) is 5.60. The molecule has 1 aliphatic rings. The van der Waals surface area contributed by atoms with Gasteiger partial charge in [-0.25, -0.2) is 0 Å². The molecule has 0 aromatic rings. The molecule has 2 atom stereocenters. The van der Waals surface area contributed by atoms with Crippen molar-refractivity contribution in [1.82, 2.24) is 4.90 Å². The van der Waals surface area contributed by atoms with Gasteiger partial charge in [-0.3, -0.25) is 4.90 Å². The van der Waals surface area contributed by atoms with E-state index in [0.29, 0.717) is 12.1 Å². The highest BCUT2D eigenvalue weighted by atomic mass is 16.5. The lowest BCUT2D eigenvalue weighted by Gasteiger charge is -2.35. The van der Waals surface area contributed by atoms with Gasteiger partial charge in [0.25, 0.3) is 0 Å². The summed E-state index contributed by atoms with van der Waals surface area (Å²) in [7, 11) is 3.95. The molecule has 1 fully saturated rings. The maximum Gasteiger partial charge on any atom is 0.0615 e. The van der Waals surface area contributed by atoms with Crippen molar-refractivity contribution < 1.29 is 4.74 Å². The van der Waals surface area contributed by atoms with Crippen LogP contribution in [0.25, 0.3) is 0 Å². The zero-order valence-electron chi connectivity index (χ0n) is 11.8. The number of ether oxygens (including phenoxy) is 1. The van der Waals surface area contributed by atoms with E-state index in [1.54, 1.807) is 7.11 Å². The third-order valence-corrected chi connectivity index (χ3v) is 4.28. The first kappa shape index (κ1) is 14.9. The van der Waals surface area contributed by atoms with E-state index in [9.17, 15) is 0 Å². The molecular formula is C14H30N2O. The van der Waals surface area contributed by atoms with E-state index in [1.165, 1.54) is 38.5 Å². The van der Waals surface area contributed by atoms with Gasteiger partial charge in [0.05, 0.1) is 6.61 Å². The Kier molecular flexibility index (Phi) is 7.09. The maximum atomic E-state index is 5.94. The van der Waals surface area contributed by atoms with Crippen molar-refractivity contribution in [2.75, 3.05) is 27.3 Å². The first-order valence-electron chi connectivity index (χ1n) is 7.10. The number of nitrogens with zero attached hydrogens (tertiary/aromatic N) is 1. The molecule has 2 N–H and O–H groups in total. The Morgan fingerprint density at radius 1 is 1.29 bits per heavy atom. The van der Waals surface area contributed by atoms with Crippen LogP contribution in [-0.4, -0.2) is 44.3 Å². The summed E-state index contributed by atoms with van der Waals surface area (Å²) in [6, 6.07) is 0.973. The Morgan fingerprint density at radius 2 is 1.94 bits per heavy atom. The molecule has 0 radical (unpaired) electrons. The van der Waals surface area contributed by atoms with Gasteiger partial charge in [0.15, 0.2) is 0 Å². The first-order chi connectivity index (χ1) is 8.19. The maximum absolute atomic E-state index is 5.94. The highest BCUT2D eigenvalue weighted by molar-refractivity contribution is 4.79. The zero-order valence-corrected chi connectivity index (χ0v) is 11.8. The van der Waals surface area contributed by atoms with Crippen LogP contribution in [0.5, 0.6) is 0 Å². The molecule has 0 amide bonds. The molecule has 102 valence electrons. The number of hydrogen-bond donors (Lipinski definition) is 1. The predicted molar refractivity (Wildman–Crippen MR) is 73.1 cm³/mol. The monoisotopic (exact) mass is 242 g/mol. The van der Waals surface area contributed by atoms with Crippen LogP contribution in [0.4, 0.5) is 0 Å². The van der Waals surface area contributed by atoms with Crippen LogP contribution in [0.2, 0.25) is 0 Å². The Labute approximate surface area is 107 Å². The predicted octanol–water partition coefficient (Wildman–Crippen LogP) is 2.25. The minimum absolute atomic E-state index is 0.456. The fraction of sp³-hybridized carbons (Fsp3) is 1.00. The fourth-order valence-corrected chi connectivity index (χ4v) is 2.96. The summed E-state index contributed by atoms with van der Waals surface area (Å²) in [5.41, 5.74) is 5.94. The molecule has 0 spiro atoms. The molecule has 0 aromatic carbocycles. The Bertz CT molecular complexity index is 193. The summed E-state index contributed by atoms with van der Waals surface area (Å²) in [6.45, 7) is 3.77. The average molecular weight is 242 g/mol. The number of rotatable bonds is 7. The summed E-state index contributed by atoms with van der Waals surface area (Å²) in [5, 5.41) is 0. The van der Waals surface area contributed by atoms with Crippen LogP contribution in [0.3, 0.4) is 0 Å². The van der Waals surface area contributed by atoms with E-state index >= 15 is 0 Å². The highest BCUT2D eigenvalue weighted by Gasteiger charge is 2.23. The van der Waals surface area contributed by atoms with Crippen LogP contribution >= 0.6 is 0 Å². The van der Waals surface area contributed by atoms with Crippen LogP contribution < -0.4 is 5.73 Å². The third kappa shape index (κ3) is 4.94. The zero-order chi connectivity index (χ0) is 12.7. The van der Waals surface area contributed by atoms with Gasteiger partial charge in [-0.2, -0.15) is 0 Å². The van der Waals surface area contributed by atoms with E-state index in [-0.39, 0.29) is 0 Å². The van der Waals surface area contributed by atoms with Gasteiger partial charge in [0.2, 0.25) is 0 Å². The molecule has 1 saturated carbocycles. The fourth-order valence-electron chi connectivity index (χ4n) is 2.96. The van der Waals surface area contributed by atoms with Gasteiger partial charge in [0.1, 0.15) is 0 Å². The molecule has 0 saturated heterocycles. The van der Waals surface area contributed by atoms with Gasteiger partial charge in [-0.15, -0.1) is 0 Å². The van der Waals surface area contributed by atoms with Crippen molar-refractivity contribution in [3.05, 3.63) is 0 Å². The molecule has 3 nitrogen and oxygen atoms in total. The summed E-state index contributed by atoms with van der Waals surface area (Å²) >= 11 is 0. The van der Waals surface area contributed by atoms with E-state index in [1.807, 2.05) is 0 Å². The summed E-state index contributed by atoms with van der Waals surface area (Å²) in [5.74, 6) is 0.898. The Balaban J connectivity index is 2.39. The molecule has 0 heterocycles. The number of nitrogens with two attached hydrogens (primary N) is 1. The summed E-state index contributed by atoms with van der Waals surface area (Å²) in [4.78, 5) is 2.40. The van der Waals surface area contributed by atoms with Crippen molar-refractivity contribution in [3.63, 3.8) is 0 Å². The highest BCUT2D eigenvalue weighted by Crippen LogP contribution is 2.28. The van der Waals surface area contributed by atoms with E-state index in [2.05, 4.69) is 18.9 Å². The molecule has 1 aliphatic carbocycles. The van der Waals surface area contributed by atoms with E-state index in [0.717, 1.165) is 19.1 Å². The minimum atomic E-state index is 0.456. The average Bonchev–Trinajstić information content (AvgIpc) is 2.36. The second kappa shape index (κ2) is 8.06. The second-order valence-electron chi connectivity index (χ2n) is 5.60. The summed E-state index contributed by atoms with van der Waals surface area (Å²) < 4.78 is 5.23. The van der Waals surface area contributed by atoms with Crippen LogP contribution in [-0.2, 0) is 4.74 Å². The lowest BCUT2D eigenvalue weighted by molar-refractivity contribution is 0.0797. The molecule has 3 heteroatoms. The standard InChI is InChI=1S/C14H30N2O/c1-12(11-17-3)16(2)14(10-15)9-13-7-5-4-6-8-13/h12-14H,4-11,15H2,1-3H3. The molecule has 0 bridgehead atoms. The minimum Gasteiger partial charge on any atom is -0.383 e. The molecule has 1 rings (SSSR count). The van der Waals surface area contributed by atoms with Crippen LogP contribution in [0.15, 0.2) is 0 Å². The lowest BCUT2D eigenvalue weighted by Crippen LogP contribution is -2.45. The first-order valence-corrected chi connectivity index (χ1v) is 7.10. The molecule has 2 unspecified atom stereocenters. The largest absolute Gasteiger partial charge is 0.383 e. The number of methoxy groups -OCH3 is 1. The van der Waals surface area contributed by atoms with Crippen molar-refractivity contribution >= 4 is 0 Å². The number of hydrogen-bond acceptors (Lipinski definition) is 3. The Morgan fingerprint density at radius 3 is 2.47 bits per heavy atom. The normalized spacial score (nSPS) is 21.7. The lowest BCUT2D eigenvalue weighted by atomic mass is 9.84. The molecule has 0 aromatic heterocycles. The molecular weight excluding hydrogens is 212 g/mol. The van der Waals surface area contributed by atoms with Crippen molar-refractivity contribution in [2.45, 2.75) is 57.5 Å². The number of likely N-dealkylation sites (N-methyl/N-ethyl adjacent to an activating group) is 1. The summed E-state index contributed by atoms with van der Waals surface area (Å²) in [6.07, 6.45) is 8.34. The third-order valence-electron chi connectivity index (χ3n) is 4.28. The smallest absolute Gasteiger partial charge is 0.0615 e. The SMILES string of the molecule is COCC(C)N(C)C(CN)CC1CCCCC1.